The predicted octanol–water partition coefficient (Wildman–Crippen LogP) is 3.61. The number of pyridine rings is 1. The number of aliphatic carboxylic acids is 1. The second-order valence-corrected chi connectivity index (χ2v) is 9.97. The van der Waals surface area contributed by atoms with Crippen LogP contribution < -0.4 is 14.7 Å². The van der Waals surface area contributed by atoms with Crippen LogP contribution in [0, 0.1) is 11.3 Å². The second-order valence-electron chi connectivity index (χ2n) is 9.97. The molecule has 0 bridgehead atoms. The molecule has 1 N–H and O–H groups in total. The molecule has 0 saturated carbocycles. The van der Waals surface area contributed by atoms with Crippen LogP contribution in [-0.4, -0.2) is 78.0 Å². The highest BCUT2D eigenvalue weighted by Gasteiger charge is 2.37. The van der Waals surface area contributed by atoms with Crippen LogP contribution in [0.15, 0.2) is 42.6 Å². The number of carbonyl (C=O) groups is 1. The SMILES string of the molecule is C[C@H]1COCCN1c1nc(-c2ccc(C#N)cc2)cc(N2CCN(c3ncc(CC(=O)O)cc3C(F)(F)F)CC2)n1. The fourth-order valence-corrected chi connectivity index (χ4v) is 4.98. The van der Waals surface area contributed by atoms with E-state index in [1.807, 2.05) is 30.0 Å². The lowest BCUT2D eigenvalue weighted by Crippen LogP contribution is -2.48. The van der Waals surface area contributed by atoms with Gasteiger partial charge in [-0.05, 0) is 30.7 Å². The summed E-state index contributed by atoms with van der Waals surface area (Å²) in [6, 6.07) is 12.0. The van der Waals surface area contributed by atoms with Crippen molar-refractivity contribution in [2.75, 3.05) is 60.6 Å². The lowest BCUT2D eigenvalue weighted by molar-refractivity contribution is -0.138. The van der Waals surface area contributed by atoms with Gasteiger partial charge in [-0.2, -0.15) is 23.4 Å². The molecule has 10 nitrogen and oxygen atoms in total. The molecule has 214 valence electrons. The zero-order valence-corrected chi connectivity index (χ0v) is 22.3. The van der Waals surface area contributed by atoms with Gasteiger partial charge in [0, 0.05) is 50.6 Å². The molecule has 3 aromatic rings. The van der Waals surface area contributed by atoms with Crippen molar-refractivity contribution in [3.8, 4) is 17.3 Å². The number of carboxylic acids is 1. The smallest absolute Gasteiger partial charge is 0.419 e. The van der Waals surface area contributed by atoms with E-state index in [4.69, 9.17) is 19.8 Å². The molecule has 0 unspecified atom stereocenters. The summed E-state index contributed by atoms with van der Waals surface area (Å²) in [7, 11) is 0. The number of aromatic nitrogens is 3. The van der Waals surface area contributed by atoms with Crippen molar-refractivity contribution < 1.29 is 27.8 Å². The van der Waals surface area contributed by atoms with E-state index in [9.17, 15) is 23.2 Å². The summed E-state index contributed by atoms with van der Waals surface area (Å²) in [4.78, 5) is 30.4. The quantitative estimate of drug-likeness (QED) is 0.473. The van der Waals surface area contributed by atoms with E-state index in [0.29, 0.717) is 55.9 Å². The number of alkyl halides is 3. The molecular weight excluding hydrogens is 539 g/mol. The van der Waals surface area contributed by atoms with E-state index in [2.05, 4.69) is 16.0 Å². The van der Waals surface area contributed by atoms with E-state index in [0.717, 1.165) is 11.6 Å². The summed E-state index contributed by atoms with van der Waals surface area (Å²) in [5.74, 6) is -0.254. The van der Waals surface area contributed by atoms with Gasteiger partial charge in [0.25, 0.3) is 0 Å². The Morgan fingerprint density at radius 2 is 1.80 bits per heavy atom. The van der Waals surface area contributed by atoms with Gasteiger partial charge in [0.2, 0.25) is 5.95 Å². The number of morpholine rings is 1. The average Bonchev–Trinajstić information content (AvgIpc) is 2.96. The largest absolute Gasteiger partial charge is 0.481 e. The normalized spacial score (nSPS) is 17.8. The summed E-state index contributed by atoms with van der Waals surface area (Å²) in [5.41, 5.74) is 1.07. The Kier molecular flexibility index (Phi) is 7.94. The van der Waals surface area contributed by atoms with E-state index >= 15 is 0 Å². The Labute approximate surface area is 234 Å². The van der Waals surface area contributed by atoms with Crippen molar-refractivity contribution in [1.29, 1.82) is 5.26 Å². The fraction of sp³-hybridized carbons (Fsp3) is 0.393. The molecular formula is C28H28F3N7O3. The minimum atomic E-state index is -4.68. The molecule has 1 aromatic carbocycles. The number of nitrogens with zero attached hydrogens (tertiary/aromatic N) is 7. The molecule has 2 aliphatic rings. The molecule has 0 radical (unpaired) electrons. The van der Waals surface area contributed by atoms with Crippen molar-refractivity contribution in [1.82, 2.24) is 15.0 Å². The highest BCUT2D eigenvalue weighted by molar-refractivity contribution is 5.70. The Bertz CT molecular complexity index is 1450. The molecule has 2 aliphatic heterocycles. The number of halogens is 3. The van der Waals surface area contributed by atoms with Crippen LogP contribution in [0.25, 0.3) is 11.3 Å². The van der Waals surface area contributed by atoms with E-state index in [1.165, 1.54) is 6.20 Å². The van der Waals surface area contributed by atoms with E-state index < -0.39 is 24.1 Å². The second kappa shape index (κ2) is 11.6. The summed E-state index contributed by atoms with van der Waals surface area (Å²) >= 11 is 0. The molecule has 0 amide bonds. The number of anilines is 3. The predicted molar refractivity (Wildman–Crippen MR) is 145 cm³/mol. The molecule has 0 spiro atoms. The molecule has 2 saturated heterocycles. The zero-order chi connectivity index (χ0) is 29.1. The van der Waals surface area contributed by atoms with Gasteiger partial charge in [-0.15, -0.1) is 0 Å². The Morgan fingerprint density at radius 1 is 1.10 bits per heavy atom. The van der Waals surface area contributed by atoms with Crippen molar-refractivity contribution in [3.05, 3.63) is 59.3 Å². The highest BCUT2D eigenvalue weighted by atomic mass is 19.4. The first-order chi connectivity index (χ1) is 19.6. The first kappa shape index (κ1) is 28.1. The van der Waals surface area contributed by atoms with Crippen molar-refractivity contribution in [2.24, 2.45) is 0 Å². The monoisotopic (exact) mass is 567 g/mol. The van der Waals surface area contributed by atoms with Gasteiger partial charge in [-0.3, -0.25) is 4.79 Å². The number of ether oxygens (including phenoxy) is 1. The van der Waals surface area contributed by atoms with E-state index in [1.54, 1.807) is 17.0 Å². The number of piperazine rings is 1. The zero-order valence-electron chi connectivity index (χ0n) is 22.3. The maximum atomic E-state index is 13.9. The third kappa shape index (κ3) is 6.33. The van der Waals surface area contributed by atoms with Crippen LogP contribution in [0.2, 0.25) is 0 Å². The minimum Gasteiger partial charge on any atom is -0.481 e. The fourth-order valence-electron chi connectivity index (χ4n) is 4.98. The Morgan fingerprint density at radius 3 is 2.44 bits per heavy atom. The van der Waals surface area contributed by atoms with Crippen LogP contribution in [-0.2, 0) is 22.1 Å². The van der Waals surface area contributed by atoms with E-state index in [-0.39, 0.29) is 30.5 Å². The third-order valence-electron chi connectivity index (χ3n) is 7.12. The van der Waals surface area contributed by atoms with Gasteiger partial charge in [0.15, 0.2) is 0 Å². The first-order valence-corrected chi connectivity index (χ1v) is 13.1. The molecule has 13 heteroatoms. The maximum Gasteiger partial charge on any atom is 0.419 e. The van der Waals surface area contributed by atoms with Gasteiger partial charge in [0.1, 0.15) is 11.6 Å². The van der Waals surface area contributed by atoms with Crippen molar-refractivity contribution in [2.45, 2.75) is 25.6 Å². The standard InChI is InChI=1S/C28H28F3N7O3/c1-18-17-41-11-10-38(18)27-34-23(21-4-2-19(15-32)3-5-21)14-24(35-27)36-6-8-37(9-7-36)26-22(28(29,30)31)12-20(16-33-26)13-25(39)40/h2-5,12,14,16,18H,6-11,13,17H2,1H3,(H,39,40)/t18-/m0/s1. The average molecular weight is 568 g/mol. The van der Waals surface area contributed by atoms with Crippen LogP contribution in [0.4, 0.5) is 30.8 Å². The summed E-state index contributed by atoms with van der Waals surface area (Å²) in [6.07, 6.45) is -4.03. The maximum absolute atomic E-state index is 13.9. The van der Waals surface area contributed by atoms with Crippen LogP contribution in [0.3, 0.4) is 0 Å². The number of nitriles is 1. The lowest BCUT2D eigenvalue weighted by atomic mass is 10.1. The topological polar surface area (TPSA) is 119 Å². The third-order valence-corrected chi connectivity index (χ3v) is 7.12. The van der Waals surface area contributed by atoms with Gasteiger partial charge < -0.3 is 24.5 Å². The molecule has 0 aliphatic carbocycles. The molecule has 1 atom stereocenters. The summed E-state index contributed by atoms with van der Waals surface area (Å²) < 4.78 is 47.3. The van der Waals surface area contributed by atoms with Crippen LogP contribution >= 0.6 is 0 Å². The molecule has 5 rings (SSSR count). The van der Waals surface area contributed by atoms with Gasteiger partial charge in [-0.1, -0.05) is 12.1 Å². The molecule has 2 fully saturated rings. The first-order valence-electron chi connectivity index (χ1n) is 13.1. The number of rotatable bonds is 6. The molecule has 41 heavy (non-hydrogen) atoms. The van der Waals surface area contributed by atoms with Crippen molar-refractivity contribution >= 4 is 23.6 Å². The number of benzene rings is 1. The molecule has 2 aromatic heterocycles. The minimum absolute atomic E-state index is 0.00611. The Hall–Kier alpha value is -4.44. The highest BCUT2D eigenvalue weighted by Crippen LogP contribution is 2.37. The summed E-state index contributed by atoms with van der Waals surface area (Å²) in [6.45, 7) is 5.02. The Balaban J connectivity index is 1.42. The number of hydrogen-bond acceptors (Lipinski definition) is 9. The van der Waals surface area contributed by atoms with Gasteiger partial charge in [-0.25, -0.2) is 9.97 Å². The summed E-state index contributed by atoms with van der Waals surface area (Å²) in [5, 5.41) is 18.2. The van der Waals surface area contributed by atoms with Gasteiger partial charge in [0.05, 0.1) is 48.6 Å². The van der Waals surface area contributed by atoms with Gasteiger partial charge >= 0.3 is 12.1 Å². The van der Waals surface area contributed by atoms with Crippen molar-refractivity contribution in [3.63, 3.8) is 0 Å². The van der Waals surface area contributed by atoms with Crippen LogP contribution in [0.1, 0.15) is 23.6 Å². The number of carboxylic acid groups (broad SMARTS) is 1. The van der Waals surface area contributed by atoms with Crippen LogP contribution in [0.5, 0.6) is 0 Å². The lowest BCUT2D eigenvalue weighted by Gasteiger charge is -2.38. The number of hydrogen-bond donors (Lipinski definition) is 1. The molecule has 4 heterocycles.